The molecule has 1 aromatic heterocycles. The number of rotatable bonds is 4. The van der Waals surface area contributed by atoms with Crippen molar-refractivity contribution in [2.75, 3.05) is 0 Å². The van der Waals surface area contributed by atoms with Gasteiger partial charge in [0.2, 0.25) is 0 Å². The first kappa shape index (κ1) is 13.6. The molecule has 0 saturated heterocycles. The molecule has 3 rings (SSSR count). The highest BCUT2D eigenvalue weighted by Crippen LogP contribution is 2.25. The second kappa shape index (κ2) is 6.39. The molecule has 0 bridgehead atoms. The smallest absolute Gasteiger partial charge is 0.105 e. The second-order valence-electron chi connectivity index (χ2n) is 4.23. The van der Waals surface area contributed by atoms with Crippen LogP contribution in [-0.4, -0.2) is 9.59 Å². The van der Waals surface area contributed by atoms with E-state index in [9.17, 15) is 0 Å². The molecule has 3 aromatic rings. The van der Waals surface area contributed by atoms with E-state index >= 15 is 0 Å². The van der Waals surface area contributed by atoms with Gasteiger partial charge in [0.25, 0.3) is 0 Å². The summed E-state index contributed by atoms with van der Waals surface area (Å²) >= 11 is 9.05. The molecule has 2 nitrogen and oxygen atoms in total. The van der Waals surface area contributed by atoms with Gasteiger partial charge in [-0.1, -0.05) is 40.4 Å². The molecule has 0 fully saturated rings. The van der Waals surface area contributed by atoms with Crippen LogP contribution in [0.3, 0.4) is 0 Å². The van der Waals surface area contributed by atoms with Crippen LogP contribution in [0.25, 0.3) is 11.3 Å². The van der Waals surface area contributed by atoms with Crippen LogP contribution in [-0.2, 0) is 5.75 Å². The molecule has 2 aromatic carbocycles. The molecule has 0 N–H and O–H groups in total. The van der Waals surface area contributed by atoms with Gasteiger partial charge >= 0.3 is 0 Å². The Morgan fingerprint density at radius 3 is 2.40 bits per heavy atom. The minimum atomic E-state index is 0.774. The monoisotopic (exact) mass is 318 g/mol. The van der Waals surface area contributed by atoms with E-state index in [1.54, 1.807) is 11.8 Å². The lowest BCUT2D eigenvalue weighted by Gasteiger charge is -2.03. The lowest BCUT2D eigenvalue weighted by atomic mass is 10.1. The van der Waals surface area contributed by atoms with E-state index < -0.39 is 0 Å². The number of thioether (sulfide) groups is 1. The Hall–Kier alpha value is -1.36. The van der Waals surface area contributed by atoms with Crippen LogP contribution >= 0.6 is 34.9 Å². The summed E-state index contributed by atoms with van der Waals surface area (Å²) in [6, 6.07) is 16.4. The van der Waals surface area contributed by atoms with Crippen LogP contribution in [0, 0.1) is 0 Å². The first-order valence-electron chi connectivity index (χ1n) is 6.06. The van der Waals surface area contributed by atoms with Gasteiger partial charge in [-0.25, -0.2) is 0 Å². The molecule has 1 heterocycles. The molecule has 0 aliphatic heterocycles. The van der Waals surface area contributed by atoms with E-state index in [2.05, 4.69) is 33.9 Å². The van der Waals surface area contributed by atoms with E-state index in [0.717, 1.165) is 22.0 Å². The predicted octanol–water partition coefficient (Wildman–Crippen LogP) is 5.15. The number of hydrogen-bond donors (Lipinski definition) is 0. The van der Waals surface area contributed by atoms with Gasteiger partial charge in [0, 0.05) is 26.6 Å². The fourth-order valence-electron chi connectivity index (χ4n) is 1.76. The van der Waals surface area contributed by atoms with Crippen LogP contribution in [0.15, 0.2) is 58.8 Å². The van der Waals surface area contributed by atoms with Gasteiger partial charge in [0.1, 0.15) is 5.69 Å². The largest absolute Gasteiger partial charge is 0.138 e. The van der Waals surface area contributed by atoms with Crippen molar-refractivity contribution >= 4 is 34.9 Å². The zero-order valence-corrected chi connectivity index (χ0v) is 12.9. The SMILES string of the molecule is Clc1ccc(SCc2ccc(-c3csnn3)cc2)cc1. The molecule has 5 heteroatoms. The Kier molecular flexibility index (Phi) is 4.35. The highest BCUT2D eigenvalue weighted by molar-refractivity contribution is 7.98. The quantitative estimate of drug-likeness (QED) is 0.622. The Morgan fingerprint density at radius 2 is 1.75 bits per heavy atom. The zero-order chi connectivity index (χ0) is 13.8. The highest BCUT2D eigenvalue weighted by Gasteiger charge is 2.01. The molecular formula is C15H11ClN2S2. The molecule has 20 heavy (non-hydrogen) atoms. The Morgan fingerprint density at radius 1 is 1.00 bits per heavy atom. The first-order chi connectivity index (χ1) is 9.81. The molecule has 0 atom stereocenters. The lowest BCUT2D eigenvalue weighted by Crippen LogP contribution is -1.83. The Bertz CT molecular complexity index is 664. The average Bonchev–Trinajstić information content (AvgIpc) is 3.01. The number of aromatic nitrogens is 2. The first-order valence-corrected chi connectivity index (χ1v) is 8.26. The van der Waals surface area contributed by atoms with Gasteiger partial charge in [-0.15, -0.1) is 16.9 Å². The molecule has 0 unspecified atom stereocenters. The van der Waals surface area contributed by atoms with Gasteiger partial charge in [-0.2, -0.15) is 0 Å². The maximum Gasteiger partial charge on any atom is 0.105 e. The number of hydrogen-bond acceptors (Lipinski definition) is 4. The van der Waals surface area contributed by atoms with Crippen LogP contribution in [0.2, 0.25) is 5.02 Å². The van der Waals surface area contributed by atoms with Crippen molar-refractivity contribution in [1.82, 2.24) is 9.59 Å². The summed E-state index contributed by atoms with van der Waals surface area (Å²) in [4.78, 5) is 1.22. The predicted molar refractivity (Wildman–Crippen MR) is 86.4 cm³/mol. The van der Waals surface area contributed by atoms with Crippen LogP contribution in [0.4, 0.5) is 0 Å². The summed E-state index contributed by atoms with van der Waals surface area (Å²) in [5.74, 6) is 0.942. The van der Waals surface area contributed by atoms with E-state index in [1.807, 2.05) is 29.6 Å². The van der Waals surface area contributed by atoms with Crippen molar-refractivity contribution in [3.63, 3.8) is 0 Å². The molecule has 0 aliphatic carbocycles. The van der Waals surface area contributed by atoms with Gasteiger partial charge < -0.3 is 0 Å². The van der Waals surface area contributed by atoms with E-state index in [0.29, 0.717) is 0 Å². The summed E-state index contributed by atoms with van der Waals surface area (Å²) in [5.41, 5.74) is 3.34. The zero-order valence-electron chi connectivity index (χ0n) is 10.5. The maximum atomic E-state index is 5.88. The topological polar surface area (TPSA) is 25.8 Å². The Balaban J connectivity index is 1.65. The maximum absolute atomic E-state index is 5.88. The van der Waals surface area contributed by atoms with Crippen LogP contribution in [0.5, 0.6) is 0 Å². The summed E-state index contributed by atoms with van der Waals surface area (Å²) < 4.78 is 3.88. The number of nitrogens with zero attached hydrogens (tertiary/aromatic N) is 2. The van der Waals surface area contributed by atoms with Crippen LogP contribution < -0.4 is 0 Å². The van der Waals surface area contributed by atoms with Crippen molar-refractivity contribution in [3.05, 3.63) is 64.5 Å². The number of benzene rings is 2. The molecule has 0 radical (unpaired) electrons. The minimum Gasteiger partial charge on any atom is -0.138 e. The third kappa shape index (κ3) is 3.39. The summed E-state index contributed by atoms with van der Waals surface area (Å²) in [6.45, 7) is 0. The van der Waals surface area contributed by atoms with Crippen molar-refractivity contribution in [2.45, 2.75) is 10.6 Å². The van der Waals surface area contributed by atoms with E-state index in [-0.39, 0.29) is 0 Å². The van der Waals surface area contributed by atoms with Crippen LogP contribution in [0.1, 0.15) is 5.56 Å². The van der Waals surface area contributed by atoms with Crippen molar-refractivity contribution in [2.24, 2.45) is 0 Å². The fourth-order valence-corrected chi connectivity index (χ4v) is 3.21. The second-order valence-corrected chi connectivity index (χ2v) is 6.32. The normalized spacial score (nSPS) is 10.7. The molecular weight excluding hydrogens is 308 g/mol. The van der Waals surface area contributed by atoms with Gasteiger partial charge in [-0.05, 0) is 41.4 Å². The summed E-state index contributed by atoms with van der Waals surface area (Å²) in [5, 5.41) is 6.80. The minimum absolute atomic E-state index is 0.774. The van der Waals surface area contributed by atoms with E-state index in [4.69, 9.17) is 11.6 Å². The molecule has 0 aliphatic rings. The average molecular weight is 319 g/mol. The van der Waals surface area contributed by atoms with Gasteiger partial charge in [-0.3, -0.25) is 0 Å². The molecule has 0 amide bonds. The Labute approximate surface area is 131 Å². The third-order valence-electron chi connectivity index (χ3n) is 2.83. The lowest BCUT2D eigenvalue weighted by molar-refractivity contribution is 1.16. The number of halogens is 1. The van der Waals surface area contributed by atoms with Crippen molar-refractivity contribution in [3.8, 4) is 11.3 Å². The van der Waals surface area contributed by atoms with E-state index in [1.165, 1.54) is 22.0 Å². The fraction of sp³-hybridized carbons (Fsp3) is 0.0667. The summed E-state index contributed by atoms with van der Waals surface area (Å²) in [7, 11) is 0. The van der Waals surface area contributed by atoms with Gasteiger partial charge in [0.05, 0.1) is 0 Å². The van der Waals surface area contributed by atoms with Crippen molar-refractivity contribution < 1.29 is 0 Å². The third-order valence-corrected chi connectivity index (χ3v) is 4.67. The molecule has 100 valence electrons. The van der Waals surface area contributed by atoms with Crippen molar-refractivity contribution in [1.29, 1.82) is 0 Å². The highest BCUT2D eigenvalue weighted by atomic mass is 35.5. The van der Waals surface area contributed by atoms with Gasteiger partial charge in [0.15, 0.2) is 0 Å². The summed E-state index contributed by atoms with van der Waals surface area (Å²) in [6.07, 6.45) is 0. The molecule has 0 spiro atoms. The standard InChI is InChI=1S/C15H11ClN2S2/c16-13-5-7-14(8-6-13)19-9-11-1-3-12(4-2-11)15-10-20-18-17-15/h1-8,10H,9H2. The molecule has 0 saturated carbocycles.